The van der Waals surface area contributed by atoms with Crippen molar-refractivity contribution in [2.24, 2.45) is 5.73 Å². The summed E-state index contributed by atoms with van der Waals surface area (Å²) in [6.07, 6.45) is 1.63. The molecule has 16 heavy (non-hydrogen) atoms. The lowest BCUT2D eigenvalue weighted by Crippen LogP contribution is -1.98. The number of ether oxygens (including phenoxy) is 1. The van der Waals surface area contributed by atoms with E-state index in [1.807, 2.05) is 30.3 Å². The summed E-state index contributed by atoms with van der Waals surface area (Å²) in [5.41, 5.74) is 6.63. The van der Waals surface area contributed by atoms with Gasteiger partial charge in [-0.25, -0.2) is 0 Å². The largest absolute Gasteiger partial charge is 0.486 e. The van der Waals surface area contributed by atoms with E-state index in [9.17, 15) is 0 Å². The van der Waals surface area contributed by atoms with E-state index in [1.165, 1.54) is 0 Å². The van der Waals surface area contributed by atoms with E-state index >= 15 is 0 Å². The second kappa shape index (κ2) is 5.18. The minimum Gasteiger partial charge on any atom is -0.486 e. The van der Waals surface area contributed by atoms with Crippen LogP contribution in [0.15, 0.2) is 45.5 Å². The van der Waals surface area contributed by atoms with E-state index in [-0.39, 0.29) is 0 Å². The molecule has 0 saturated heterocycles. The first kappa shape index (κ1) is 11.2. The van der Waals surface area contributed by atoms with Crippen LogP contribution in [0.3, 0.4) is 0 Å². The Labute approximate surface area is 102 Å². The second-order valence-corrected chi connectivity index (χ2v) is 4.18. The van der Waals surface area contributed by atoms with Crippen LogP contribution in [-0.2, 0) is 13.2 Å². The molecule has 0 spiro atoms. The number of rotatable bonds is 4. The topological polar surface area (TPSA) is 48.4 Å². The lowest BCUT2D eigenvalue weighted by molar-refractivity contribution is 0.270. The minimum absolute atomic E-state index is 0.432. The molecule has 2 rings (SSSR count). The fourth-order valence-electron chi connectivity index (χ4n) is 1.33. The molecule has 1 aromatic carbocycles. The number of hydrogen-bond donors (Lipinski definition) is 1. The summed E-state index contributed by atoms with van der Waals surface area (Å²) in [6, 6.07) is 9.47. The third-order valence-corrected chi connectivity index (χ3v) is 2.94. The molecule has 0 saturated carbocycles. The van der Waals surface area contributed by atoms with Gasteiger partial charge in [0.1, 0.15) is 18.1 Å². The normalized spacial score (nSPS) is 10.4. The molecule has 0 aliphatic carbocycles. The summed E-state index contributed by atoms with van der Waals surface area (Å²) in [6.45, 7) is 0.945. The third-order valence-electron chi connectivity index (χ3n) is 2.21. The van der Waals surface area contributed by atoms with Crippen LogP contribution in [0.5, 0.6) is 5.75 Å². The zero-order valence-corrected chi connectivity index (χ0v) is 10.2. The fraction of sp³-hybridized carbons (Fsp3) is 0.167. The molecule has 0 bridgehead atoms. The molecule has 3 nitrogen and oxygen atoms in total. The van der Waals surface area contributed by atoms with Gasteiger partial charge < -0.3 is 14.9 Å². The average molecular weight is 282 g/mol. The Balaban J connectivity index is 2.02. The predicted octanol–water partition coefficient (Wildman–Crippen LogP) is 3.08. The van der Waals surface area contributed by atoms with Crippen LogP contribution in [0.25, 0.3) is 0 Å². The Hall–Kier alpha value is -1.26. The standard InChI is InChI=1S/C12H12BrNO2/c13-12-6-10(4-3-9(12)7-14)16-8-11-2-1-5-15-11/h1-6H,7-8,14H2. The summed E-state index contributed by atoms with van der Waals surface area (Å²) in [5.74, 6) is 1.60. The van der Waals surface area contributed by atoms with Gasteiger partial charge in [0.2, 0.25) is 0 Å². The van der Waals surface area contributed by atoms with Crippen LogP contribution < -0.4 is 10.5 Å². The van der Waals surface area contributed by atoms with E-state index in [0.717, 1.165) is 21.5 Å². The fourth-order valence-corrected chi connectivity index (χ4v) is 1.85. The number of furan rings is 1. The molecule has 2 N–H and O–H groups in total. The van der Waals surface area contributed by atoms with Crippen LogP contribution in [0.2, 0.25) is 0 Å². The first-order chi connectivity index (χ1) is 7.79. The van der Waals surface area contributed by atoms with Gasteiger partial charge in [-0.3, -0.25) is 0 Å². The summed E-state index contributed by atoms with van der Waals surface area (Å²) in [4.78, 5) is 0. The first-order valence-corrected chi connectivity index (χ1v) is 5.72. The molecule has 0 fully saturated rings. The van der Waals surface area contributed by atoms with E-state index < -0.39 is 0 Å². The van der Waals surface area contributed by atoms with Gasteiger partial charge in [-0.1, -0.05) is 22.0 Å². The average Bonchev–Trinajstić information content (AvgIpc) is 2.79. The van der Waals surface area contributed by atoms with E-state index in [0.29, 0.717) is 13.2 Å². The zero-order chi connectivity index (χ0) is 11.4. The molecular weight excluding hydrogens is 270 g/mol. The number of nitrogens with two attached hydrogens (primary N) is 1. The highest BCUT2D eigenvalue weighted by Crippen LogP contribution is 2.23. The van der Waals surface area contributed by atoms with Crippen molar-refractivity contribution >= 4 is 15.9 Å². The summed E-state index contributed by atoms with van der Waals surface area (Å²) in [7, 11) is 0. The number of benzene rings is 1. The van der Waals surface area contributed by atoms with Gasteiger partial charge >= 0.3 is 0 Å². The maximum Gasteiger partial charge on any atom is 0.146 e. The van der Waals surface area contributed by atoms with Gasteiger partial charge in [-0.15, -0.1) is 0 Å². The van der Waals surface area contributed by atoms with Crippen LogP contribution in [-0.4, -0.2) is 0 Å². The minimum atomic E-state index is 0.432. The lowest BCUT2D eigenvalue weighted by Gasteiger charge is -2.07. The van der Waals surface area contributed by atoms with Crippen molar-refractivity contribution in [3.05, 3.63) is 52.4 Å². The molecule has 0 radical (unpaired) electrons. The molecule has 84 valence electrons. The summed E-state index contributed by atoms with van der Waals surface area (Å²) in [5, 5.41) is 0. The monoisotopic (exact) mass is 281 g/mol. The highest BCUT2D eigenvalue weighted by Gasteiger charge is 2.02. The predicted molar refractivity (Wildman–Crippen MR) is 65.1 cm³/mol. The molecule has 2 aromatic rings. The summed E-state index contributed by atoms with van der Waals surface area (Å²) < 4.78 is 11.7. The maximum atomic E-state index is 5.57. The quantitative estimate of drug-likeness (QED) is 0.937. The molecule has 0 atom stereocenters. The lowest BCUT2D eigenvalue weighted by atomic mass is 10.2. The Bertz CT molecular complexity index is 454. The van der Waals surface area contributed by atoms with Crippen molar-refractivity contribution in [2.45, 2.75) is 13.2 Å². The molecule has 0 aliphatic heterocycles. The molecule has 0 aliphatic rings. The van der Waals surface area contributed by atoms with Crippen LogP contribution in [0.4, 0.5) is 0 Å². The summed E-state index contributed by atoms with van der Waals surface area (Å²) >= 11 is 3.44. The Morgan fingerprint density at radius 3 is 2.81 bits per heavy atom. The van der Waals surface area contributed by atoms with Crippen molar-refractivity contribution in [1.29, 1.82) is 0 Å². The Morgan fingerprint density at radius 1 is 1.31 bits per heavy atom. The van der Waals surface area contributed by atoms with Gasteiger partial charge in [0, 0.05) is 11.0 Å². The van der Waals surface area contributed by atoms with Gasteiger partial charge in [0.15, 0.2) is 0 Å². The molecule has 1 aromatic heterocycles. The van der Waals surface area contributed by atoms with Crippen molar-refractivity contribution in [3.63, 3.8) is 0 Å². The van der Waals surface area contributed by atoms with Gasteiger partial charge in [-0.05, 0) is 29.8 Å². The number of hydrogen-bond acceptors (Lipinski definition) is 3. The molecular formula is C12H12BrNO2. The Morgan fingerprint density at radius 2 is 2.19 bits per heavy atom. The van der Waals surface area contributed by atoms with Crippen molar-refractivity contribution in [1.82, 2.24) is 0 Å². The first-order valence-electron chi connectivity index (χ1n) is 4.93. The zero-order valence-electron chi connectivity index (χ0n) is 8.65. The number of halogens is 1. The van der Waals surface area contributed by atoms with Crippen LogP contribution in [0.1, 0.15) is 11.3 Å². The van der Waals surface area contributed by atoms with E-state index in [1.54, 1.807) is 6.26 Å². The van der Waals surface area contributed by atoms with Crippen molar-refractivity contribution in [3.8, 4) is 5.75 Å². The molecule has 0 unspecified atom stereocenters. The Kier molecular flexibility index (Phi) is 3.64. The molecule has 1 heterocycles. The van der Waals surface area contributed by atoms with Crippen molar-refractivity contribution < 1.29 is 9.15 Å². The van der Waals surface area contributed by atoms with Gasteiger partial charge in [0.05, 0.1) is 6.26 Å². The maximum absolute atomic E-state index is 5.57. The third kappa shape index (κ3) is 2.65. The van der Waals surface area contributed by atoms with Gasteiger partial charge in [-0.2, -0.15) is 0 Å². The van der Waals surface area contributed by atoms with Gasteiger partial charge in [0.25, 0.3) is 0 Å². The van der Waals surface area contributed by atoms with Crippen LogP contribution >= 0.6 is 15.9 Å². The van der Waals surface area contributed by atoms with Crippen LogP contribution in [0, 0.1) is 0 Å². The van der Waals surface area contributed by atoms with E-state index in [4.69, 9.17) is 14.9 Å². The molecule has 0 amide bonds. The van der Waals surface area contributed by atoms with E-state index in [2.05, 4.69) is 15.9 Å². The smallest absolute Gasteiger partial charge is 0.146 e. The SMILES string of the molecule is NCc1ccc(OCc2ccco2)cc1Br. The highest BCUT2D eigenvalue weighted by atomic mass is 79.9. The highest BCUT2D eigenvalue weighted by molar-refractivity contribution is 9.10. The molecule has 4 heteroatoms. The van der Waals surface area contributed by atoms with Crippen molar-refractivity contribution in [2.75, 3.05) is 0 Å². The second-order valence-electron chi connectivity index (χ2n) is 3.33.